The van der Waals surface area contributed by atoms with Crippen LogP contribution in [0.4, 0.5) is 8.78 Å². The topological polar surface area (TPSA) is 9.23 Å². The molecule has 0 spiro atoms. The highest BCUT2D eigenvalue weighted by Crippen LogP contribution is 2.31. The van der Waals surface area contributed by atoms with Crippen LogP contribution in [0.25, 0.3) is 5.57 Å². The Hall–Kier alpha value is -2.16. The highest BCUT2D eigenvalue weighted by molar-refractivity contribution is 5.71. The Morgan fingerprint density at radius 2 is 1.41 bits per heavy atom. The summed E-state index contributed by atoms with van der Waals surface area (Å²) in [5, 5.41) is 0. The molecule has 0 aromatic heterocycles. The minimum absolute atomic E-state index is 0.170. The first kappa shape index (κ1) is 36.8. The molecular formula is C36H58F2O. The summed E-state index contributed by atoms with van der Waals surface area (Å²) in [5.74, 6) is 1.13. The quantitative estimate of drug-likeness (QED) is 0.167. The van der Waals surface area contributed by atoms with E-state index >= 15 is 0 Å². The molecule has 0 aliphatic heterocycles. The Morgan fingerprint density at radius 3 is 1.85 bits per heavy atom. The van der Waals surface area contributed by atoms with Gasteiger partial charge in [-0.1, -0.05) is 102 Å². The van der Waals surface area contributed by atoms with Gasteiger partial charge < -0.3 is 4.74 Å². The smallest absolute Gasteiger partial charge is 0.394 e. The minimum atomic E-state index is -3.18. The van der Waals surface area contributed by atoms with Crippen LogP contribution in [0.2, 0.25) is 0 Å². The summed E-state index contributed by atoms with van der Waals surface area (Å²) in [6.07, 6.45) is 9.36. The van der Waals surface area contributed by atoms with Crippen LogP contribution < -0.4 is 4.74 Å². The molecule has 39 heavy (non-hydrogen) atoms. The first-order chi connectivity index (χ1) is 18.2. The van der Waals surface area contributed by atoms with Gasteiger partial charge >= 0.3 is 6.11 Å². The average Bonchev–Trinajstić information content (AvgIpc) is 2.90. The van der Waals surface area contributed by atoms with E-state index in [0.717, 1.165) is 31.2 Å². The number of rotatable bonds is 14. The molecule has 0 N–H and O–H groups in total. The third kappa shape index (κ3) is 14.7. The predicted molar refractivity (Wildman–Crippen MR) is 170 cm³/mol. The van der Waals surface area contributed by atoms with Gasteiger partial charge in [-0.2, -0.15) is 8.78 Å². The second kappa shape index (κ2) is 19.0. The van der Waals surface area contributed by atoms with E-state index in [0.29, 0.717) is 0 Å². The van der Waals surface area contributed by atoms with Crippen molar-refractivity contribution in [2.24, 2.45) is 5.92 Å². The summed E-state index contributed by atoms with van der Waals surface area (Å²) >= 11 is 0. The summed E-state index contributed by atoms with van der Waals surface area (Å²) in [6, 6.07) is 6.91. The number of allylic oxidation sites excluding steroid dienone is 8. The molecule has 1 unspecified atom stereocenters. The van der Waals surface area contributed by atoms with Crippen LogP contribution >= 0.6 is 0 Å². The number of hydrogen-bond donors (Lipinski definition) is 0. The number of ether oxygens (including phenoxy) is 1. The van der Waals surface area contributed by atoms with Crippen molar-refractivity contribution in [3.8, 4) is 5.75 Å². The zero-order valence-electron chi connectivity index (χ0n) is 27.3. The normalized spacial score (nSPS) is 14.1. The van der Waals surface area contributed by atoms with Crippen LogP contribution in [-0.4, -0.2) is 6.11 Å². The number of hydrogen-bond acceptors (Lipinski definition) is 1. The molecule has 0 fully saturated rings. The van der Waals surface area contributed by atoms with Crippen LogP contribution in [-0.2, 0) is 0 Å². The summed E-state index contributed by atoms with van der Waals surface area (Å²) in [6.45, 7) is 24.9. The van der Waals surface area contributed by atoms with Crippen molar-refractivity contribution >= 4 is 5.57 Å². The Balaban J connectivity index is 0.00000122. The van der Waals surface area contributed by atoms with E-state index in [1.807, 2.05) is 12.1 Å². The van der Waals surface area contributed by atoms with E-state index in [2.05, 4.69) is 87.0 Å². The summed E-state index contributed by atoms with van der Waals surface area (Å²) in [7, 11) is 0. The largest absolute Gasteiger partial charge is 0.433 e. The van der Waals surface area contributed by atoms with Gasteiger partial charge in [-0.25, -0.2) is 0 Å². The van der Waals surface area contributed by atoms with Crippen LogP contribution in [0.15, 0.2) is 63.8 Å². The lowest BCUT2D eigenvalue weighted by Crippen LogP contribution is -2.18. The zero-order chi connectivity index (χ0) is 30.2. The molecule has 0 saturated heterocycles. The Bertz CT molecular complexity index is 964. The number of alkyl halides is 2. The first-order valence-corrected chi connectivity index (χ1v) is 15.1. The van der Waals surface area contributed by atoms with Gasteiger partial charge in [0.2, 0.25) is 0 Å². The lowest BCUT2D eigenvalue weighted by molar-refractivity contribution is -0.158. The molecule has 0 saturated carbocycles. The Labute approximate surface area is 240 Å². The first-order valence-electron chi connectivity index (χ1n) is 15.1. The third-order valence-electron chi connectivity index (χ3n) is 7.74. The average molecular weight is 545 g/mol. The maximum absolute atomic E-state index is 13.1. The van der Waals surface area contributed by atoms with E-state index in [9.17, 15) is 8.78 Å². The molecule has 0 amide bonds. The summed E-state index contributed by atoms with van der Waals surface area (Å²) < 4.78 is 30.8. The number of unbranched alkanes of at least 4 members (excludes halogenated alkanes) is 3. The van der Waals surface area contributed by atoms with Crippen LogP contribution in [0.1, 0.15) is 140 Å². The van der Waals surface area contributed by atoms with Gasteiger partial charge in [-0.15, -0.1) is 0 Å². The second-order valence-corrected chi connectivity index (χ2v) is 11.2. The summed E-state index contributed by atoms with van der Waals surface area (Å²) in [4.78, 5) is 0. The lowest BCUT2D eigenvalue weighted by Gasteiger charge is -2.17. The molecule has 0 bridgehead atoms. The van der Waals surface area contributed by atoms with Gasteiger partial charge in [0.05, 0.1) is 0 Å². The molecule has 1 nitrogen and oxygen atoms in total. The highest BCUT2D eigenvalue weighted by Gasteiger charge is 2.23. The fraction of sp³-hybridized carbons (Fsp3) is 0.611. The second-order valence-electron chi connectivity index (χ2n) is 11.2. The van der Waals surface area contributed by atoms with Crippen molar-refractivity contribution in [2.75, 3.05) is 0 Å². The molecule has 3 heteroatoms. The third-order valence-corrected chi connectivity index (χ3v) is 7.74. The van der Waals surface area contributed by atoms with Crippen LogP contribution in [0.3, 0.4) is 0 Å². The standard InChI is InChI=1S/C26H36F2O.C10H22/c1-10-18(5)25(21(8)20(7)19(6)17(3)4)16-22(11-2)23-12-14-24(15-13-23)29-26(9,27)28;1-4-6-7-8-9-10(3)5-2/h12-16H,10-11H2,1-9H3;10H,4-9H2,1-3H3/b21-20-,22-16+,25-18?;. The van der Waals surface area contributed by atoms with Gasteiger partial charge in [0, 0.05) is 6.92 Å². The van der Waals surface area contributed by atoms with Crippen LogP contribution in [0.5, 0.6) is 5.75 Å². The van der Waals surface area contributed by atoms with Crippen molar-refractivity contribution < 1.29 is 13.5 Å². The molecule has 0 heterocycles. The molecule has 1 atom stereocenters. The van der Waals surface area contributed by atoms with Gasteiger partial charge in [-0.3, -0.25) is 0 Å². The van der Waals surface area contributed by atoms with Crippen molar-refractivity contribution in [3.63, 3.8) is 0 Å². The molecule has 1 aromatic rings. The van der Waals surface area contributed by atoms with Crippen molar-refractivity contribution in [3.05, 3.63) is 69.3 Å². The van der Waals surface area contributed by atoms with Gasteiger partial charge in [0.25, 0.3) is 0 Å². The van der Waals surface area contributed by atoms with E-state index in [1.54, 1.807) is 12.1 Å². The molecule has 0 aliphatic rings. The molecular weight excluding hydrogens is 486 g/mol. The van der Waals surface area contributed by atoms with E-state index in [4.69, 9.17) is 0 Å². The zero-order valence-corrected chi connectivity index (χ0v) is 27.3. The molecule has 0 aliphatic carbocycles. The molecule has 222 valence electrons. The SMILES string of the molecule is CCC(C)=C(/C=C(\CC)c1ccc(OC(C)(F)F)cc1)/C(C)=C(/C)C(C)=C(C)C.CCCCCCC(C)CC. The number of halogens is 2. The van der Waals surface area contributed by atoms with E-state index in [-0.39, 0.29) is 5.75 Å². The van der Waals surface area contributed by atoms with Crippen LogP contribution in [0, 0.1) is 5.92 Å². The molecule has 1 aromatic carbocycles. The lowest BCUT2D eigenvalue weighted by atomic mass is 9.89. The Kier molecular flexibility index (Phi) is 18.0. The Morgan fingerprint density at radius 1 is 0.821 bits per heavy atom. The number of benzene rings is 1. The highest BCUT2D eigenvalue weighted by atomic mass is 19.3. The maximum atomic E-state index is 13.1. The minimum Gasteiger partial charge on any atom is -0.433 e. The van der Waals surface area contributed by atoms with E-state index in [1.165, 1.54) is 77.5 Å². The monoisotopic (exact) mass is 544 g/mol. The fourth-order valence-electron chi connectivity index (χ4n) is 4.23. The van der Waals surface area contributed by atoms with Gasteiger partial charge in [0.1, 0.15) is 5.75 Å². The van der Waals surface area contributed by atoms with E-state index < -0.39 is 6.11 Å². The fourth-order valence-corrected chi connectivity index (χ4v) is 4.23. The molecule has 0 radical (unpaired) electrons. The predicted octanol–water partition coefficient (Wildman–Crippen LogP) is 12.9. The van der Waals surface area contributed by atoms with Crippen molar-refractivity contribution in [1.29, 1.82) is 0 Å². The van der Waals surface area contributed by atoms with Crippen molar-refractivity contribution in [1.82, 2.24) is 0 Å². The van der Waals surface area contributed by atoms with Gasteiger partial charge in [0.15, 0.2) is 0 Å². The van der Waals surface area contributed by atoms with Gasteiger partial charge in [-0.05, 0) is 106 Å². The molecule has 1 rings (SSSR count). The van der Waals surface area contributed by atoms with Crippen molar-refractivity contribution in [2.45, 2.75) is 141 Å². The summed E-state index contributed by atoms with van der Waals surface area (Å²) in [5.41, 5.74) is 9.99. The maximum Gasteiger partial charge on any atom is 0.394 e.